The minimum atomic E-state index is 0.189. The highest BCUT2D eigenvalue weighted by Crippen LogP contribution is 2.13. The van der Waals surface area contributed by atoms with Gasteiger partial charge in [0.15, 0.2) is 0 Å². The molecule has 1 aliphatic rings. The fourth-order valence-corrected chi connectivity index (χ4v) is 3.45. The zero-order valence-corrected chi connectivity index (χ0v) is 16.7. The third-order valence-electron chi connectivity index (χ3n) is 5.15. The number of piperazine rings is 1. The summed E-state index contributed by atoms with van der Waals surface area (Å²) in [7, 11) is 1.69. The molecule has 1 fully saturated rings. The van der Waals surface area contributed by atoms with Crippen molar-refractivity contribution in [1.82, 2.24) is 9.80 Å². The molecule has 150 valence electrons. The average Bonchev–Trinajstić information content (AvgIpc) is 2.75. The lowest BCUT2D eigenvalue weighted by Crippen LogP contribution is -2.49. The molecule has 5 nitrogen and oxygen atoms in total. The maximum Gasteiger partial charge on any atom is 0.226 e. The number of para-hydroxylation sites is 1. The minimum Gasteiger partial charge on any atom is -0.497 e. The van der Waals surface area contributed by atoms with Gasteiger partial charge in [-0.1, -0.05) is 30.3 Å². The van der Waals surface area contributed by atoms with Gasteiger partial charge in [-0.15, -0.1) is 0 Å². The summed E-state index contributed by atoms with van der Waals surface area (Å²) in [6.07, 6.45) is 2.64. The van der Waals surface area contributed by atoms with Crippen LogP contribution in [0.25, 0.3) is 0 Å². The van der Waals surface area contributed by atoms with Gasteiger partial charge < -0.3 is 14.4 Å². The number of rotatable bonds is 9. The largest absolute Gasteiger partial charge is 0.497 e. The van der Waals surface area contributed by atoms with Crippen LogP contribution in [0.5, 0.6) is 11.5 Å². The van der Waals surface area contributed by atoms with E-state index in [9.17, 15) is 4.79 Å². The summed E-state index contributed by atoms with van der Waals surface area (Å²) in [6.45, 7) is 5.04. The van der Waals surface area contributed by atoms with E-state index >= 15 is 0 Å². The molecule has 0 unspecified atom stereocenters. The van der Waals surface area contributed by atoms with Crippen molar-refractivity contribution in [2.75, 3.05) is 46.4 Å². The molecule has 0 bridgehead atoms. The first kappa shape index (κ1) is 20.2. The van der Waals surface area contributed by atoms with E-state index in [4.69, 9.17) is 9.47 Å². The number of hydrogen-bond donors (Lipinski definition) is 0. The average molecular weight is 383 g/mol. The van der Waals surface area contributed by atoms with Gasteiger partial charge in [-0.2, -0.15) is 0 Å². The smallest absolute Gasteiger partial charge is 0.226 e. The molecule has 1 heterocycles. The van der Waals surface area contributed by atoms with E-state index < -0.39 is 0 Å². The van der Waals surface area contributed by atoms with Crippen LogP contribution < -0.4 is 9.47 Å². The van der Waals surface area contributed by atoms with E-state index in [0.29, 0.717) is 13.0 Å². The van der Waals surface area contributed by atoms with Gasteiger partial charge in [0.2, 0.25) is 5.91 Å². The topological polar surface area (TPSA) is 42.0 Å². The molecule has 0 spiro atoms. The molecule has 2 aromatic rings. The molecular formula is C23H30N2O3. The van der Waals surface area contributed by atoms with E-state index in [-0.39, 0.29) is 5.91 Å². The maximum atomic E-state index is 12.4. The van der Waals surface area contributed by atoms with E-state index in [1.807, 2.05) is 47.4 Å². The molecule has 0 aliphatic carbocycles. The van der Waals surface area contributed by atoms with Crippen LogP contribution in [-0.2, 0) is 11.2 Å². The number of ether oxygens (including phenoxy) is 2. The molecule has 1 saturated heterocycles. The molecule has 0 N–H and O–H groups in total. The molecule has 0 atom stereocenters. The summed E-state index contributed by atoms with van der Waals surface area (Å²) in [5, 5.41) is 0. The van der Waals surface area contributed by atoms with Gasteiger partial charge in [0.25, 0.3) is 0 Å². The Morgan fingerprint density at radius 2 is 1.64 bits per heavy atom. The van der Waals surface area contributed by atoms with E-state index in [1.165, 1.54) is 5.56 Å². The number of carbonyl (C=O) groups is 1. The molecular weight excluding hydrogens is 352 g/mol. The van der Waals surface area contributed by atoms with Gasteiger partial charge >= 0.3 is 0 Å². The van der Waals surface area contributed by atoms with Gasteiger partial charge in [0, 0.05) is 26.2 Å². The summed E-state index contributed by atoms with van der Waals surface area (Å²) in [6, 6.07) is 17.9. The van der Waals surface area contributed by atoms with Gasteiger partial charge in [0.1, 0.15) is 11.5 Å². The van der Waals surface area contributed by atoms with Crippen molar-refractivity contribution in [3.8, 4) is 11.5 Å². The van der Waals surface area contributed by atoms with Crippen molar-refractivity contribution in [3.05, 3.63) is 60.2 Å². The Hall–Kier alpha value is -2.53. The van der Waals surface area contributed by atoms with Crippen LogP contribution in [-0.4, -0.2) is 62.1 Å². The Balaban J connectivity index is 1.29. The number of carbonyl (C=O) groups excluding carboxylic acids is 1. The lowest BCUT2D eigenvalue weighted by atomic mass is 10.1. The van der Waals surface area contributed by atoms with Crippen LogP contribution >= 0.6 is 0 Å². The molecule has 0 aromatic heterocycles. The normalized spacial score (nSPS) is 14.7. The van der Waals surface area contributed by atoms with Crippen molar-refractivity contribution < 1.29 is 14.3 Å². The van der Waals surface area contributed by atoms with Crippen LogP contribution in [0.2, 0.25) is 0 Å². The van der Waals surface area contributed by atoms with Crippen molar-refractivity contribution in [1.29, 1.82) is 0 Å². The fraction of sp³-hybridized carbons (Fsp3) is 0.435. The number of methoxy groups -OCH3 is 1. The van der Waals surface area contributed by atoms with Crippen molar-refractivity contribution in [2.24, 2.45) is 0 Å². The second-order valence-electron chi connectivity index (χ2n) is 7.09. The molecule has 28 heavy (non-hydrogen) atoms. The third-order valence-corrected chi connectivity index (χ3v) is 5.15. The predicted octanol–water partition coefficient (Wildman–Crippen LogP) is 3.24. The highest BCUT2D eigenvalue weighted by Gasteiger charge is 2.20. The van der Waals surface area contributed by atoms with Crippen molar-refractivity contribution >= 4 is 5.91 Å². The highest BCUT2D eigenvalue weighted by atomic mass is 16.5. The second kappa shape index (κ2) is 10.7. The van der Waals surface area contributed by atoms with Gasteiger partial charge in [-0.25, -0.2) is 0 Å². The summed E-state index contributed by atoms with van der Waals surface area (Å²) < 4.78 is 10.8. The number of hydrogen-bond acceptors (Lipinski definition) is 4. The Morgan fingerprint density at radius 3 is 2.32 bits per heavy atom. The minimum absolute atomic E-state index is 0.189. The molecule has 1 amide bonds. The number of nitrogens with zero attached hydrogens (tertiary/aromatic N) is 2. The number of aryl methyl sites for hydroxylation is 1. The fourth-order valence-electron chi connectivity index (χ4n) is 3.45. The quantitative estimate of drug-likeness (QED) is 0.668. The Bertz CT molecular complexity index is 710. The first-order chi connectivity index (χ1) is 13.7. The number of benzene rings is 2. The van der Waals surface area contributed by atoms with Crippen LogP contribution in [0.1, 0.15) is 18.4 Å². The third kappa shape index (κ3) is 6.27. The first-order valence-electron chi connectivity index (χ1n) is 10.1. The van der Waals surface area contributed by atoms with E-state index in [1.54, 1.807) is 7.11 Å². The molecule has 1 aliphatic heterocycles. The zero-order chi connectivity index (χ0) is 19.6. The van der Waals surface area contributed by atoms with Crippen LogP contribution in [0.3, 0.4) is 0 Å². The second-order valence-corrected chi connectivity index (χ2v) is 7.09. The molecule has 3 rings (SSSR count). The maximum absolute atomic E-state index is 12.4. The summed E-state index contributed by atoms with van der Waals surface area (Å²) in [5.41, 5.74) is 1.34. The SMILES string of the molecule is COc1ccc(CCCN2CCN(C(=O)CCOc3ccccc3)CC2)cc1. The highest BCUT2D eigenvalue weighted by molar-refractivity contribution is 5.76. The van der Waals surface area contributed by atoms with Crippen molar-refractivity contribution in [2.45, 2.75) is 19.3 Å². The Morgan fingerprint density at radius 1 is 0.929 bits per heavy atom. The van der Waals surface area contributed by atoms with Crippen LogP contribution in [0, 0.1) is 0 Å². The Kier molecular flexibility index (Phi) is 7.73. The first-order valence-corrected chi connectivity index (χ1v) is 10.1. The van der Waals surface area contributed by atoms with Crippen LogP contribution in [0.15, 0.2) is 54.6 Å². The van der Waals surface area contributed by atoms with E-state index in [0.717, 1.165) is 57.1 Å². The monoisotopic (exact) mass is 382 g/mol. The van der Waals surface area contributed by atoms with Gasteiger partial charge in [-0.05, 0) is 49.2 Å². The van der Waals surface area contributed by atoms with Crippen molar-refractivity contribution in [3.63, 3.8) is 0 Å². The van der Waals surface area contributed by atoms with Gasteiger partial charge in [0.05, 0.1) is 20.1 Å². The summed E-state index contributed by atoms with van der Waals surface area (Å²) >= 11 is 0. The lowest BCUT2D eigenvalue weighted by molar-refractivity contribution is -0.133. The molecule has 5 heteroatoms. The van der Waals surface area contributed by atoms with E-state index in [2.05, 4.69) is 17.0 Å². The molecule has 2 aromatic carbocycles. The summed E-state index contributed by atoms with van der Waals surface area (Å²) in [5.74, 6) is 1.91. The summed E-state index contributed by atoms with van der Waals surface area (Å²) in [4.78, 5) is 16.8. The lowest BCUT2D eigenvalue weighted by Gasteiger charge is -2.34. The number of amides is 1. The van der Waals surface area contributed by atoms with Gasteiger partial charge in [-0.3, -0.25) is 9.69 Å². The standard InChI is InChI=1S/C23H30N2O3/c1-27-21-11-9-20(10-12-21)6-5-14-24-15-17-25(18-16-24)23(26)13-19-28-22-7-3-2-4-8-22/h2-4,7-12H,5-6,13-19H2,1H3. The van der Waals surface area contributed by atoms with Crippen LogP contribution in [0.4, 0.5) is 0 Å². The predicted molar refractivity (Wildman–Crippen MR) is 111 cm³/mol. The molecule has 0 radical (unpaired) electrons. The Labute approximate surface area is 167 Å². The zero-order valence-electron chi connectivity index (χ0n) is 16.7. The molecule has 0 saturated carbocycles.